The Balaban J connectivity index is 1.48. The minimum Gasteiger partial charge on any atom is -0.462 e. The highest BCUT2D eigenvalue weighted by Crippen LogP contribution is 2.32. The van der Waals surface area contributed by atoms with E-state index in [-0.39, 0.29) is 26.2 Å². The molecule has 0 aromatic carbocycles. The summed E-state index contributed by atoms with van der Waals surface area (Å²) in [7, 11) is 0. The van der Waals surface area contributed by atoms with Gasteiger partial charge in [-0.3, -0.25) is 24.0 Å². The Morgan fingerprint density at radius 1 is 1.12 bits per heavy atom. The van der Waals surface area contributed by atoms with Gasteiger partial charge >= 0.3 is 17.8 Å². The Morgan fingerprint density at radius 3 is 2.48 bits per heavy atom. The van der Waals surface area contributed by atoms with Crippen molar-refractivity contribution in [3.63, 3.8) is 0 Å². The average Bonchev–Trinajstić information content (AvgIpc) is 3.31. The summed E-state index contributed by atoms with van der Waals surface area (Å²) < 4.78 is 57.0. The van der Waals surface area contributed by atoms with E-state index in [1.54, 1.807) is 4.98 Å². The molecule has 13 heteroatoms. The number of nitrogens with one attached hydrogen (secondary N) is 1. The van der Waals surface area contributed by atoms with E-state index in [9.17, 15) is 27.6 Å². The molecule has 0 spiro atoms. The van der Waals surface area contributed by atoms with Gasteiger partial charge in [0.1, 0.15) is 31.1 Å². The molecule has 2 saturated heterocycles. The van der Waals surface area contributed by atoms with E-state index in [0.717, 1.165) is 32.7 Å². The van der Waals surface area contributed by atoms with Crippen molar-refractivity contribution >= 4 is 5.97 Å². The maximum atomic E-state index is 13.2. The Morgan fingerprint density at radius 2 is 1.80 bits per heavy atom. The molecule has 2 aliphatic rings. The topological polar surface area (TPSA) is 106 Å². The minimum absolute atomic E-state index is 0.0340. The van der Waals surface area contributed by atoms with Crippen molar-refractivity contribution in [2.45, 2.75) is 76.5 Å². The molecule has 10 nitrogen and oxygen atoms in total. The van der Waals surface area contributed by atoms with Crippen molar-refractivity contribution in [3.8, 4) is 12.3 Å². The number of halogens is 3. The van der Waals surface area contributed by atoms with Gasteiger partial charge in [-0.15, -0.1) is 6.42 Å². The second-order valence-corrected chi connectivity index (χ2v) is 10.2. The lowest BCUT2D eigenvalue weighted by Gasteiger charge is -2.34. The Kier molecular flexibility index (Phi) is 12.2. The molecule has 1 aromatic heterocycles. The molecule has 2 aliphatic heterocycles. The zero-order valence-corrected chi connectivity index (χ0v) is 22.9. The first-order valence-electron chi connectivity index (χ1n) is 13.9. The van der Waals surface area contributed by atoms with Crippen LogP contribution in [0.4, 0.5) is 13.2 Å². The summed E-state index contributed by atoms with van der Waals surface area (Å²) in [5.41, 5.74) is -4.13. The molecule has 40 heavy (non-hydrogen) atoms. The summed E-state index contributed by atoms with van der Waals surface area (Å²) in [4.78, 5) is 42.5. The summed E-state index contributed by atoms with van der Waals surface area (Å²) in [6, 6.07) is 0. The van der Waals surface area contributed by atoms with Gasteiger partial charge < -0.3 is 19.1 Å². The molecule has 2 fully saturated rings. The van der Waals surface area contributed by atoms with Gasteiger partial charge in [0.15, 0.2) is 0 Å². The van der Waals surface area contributed by atoms with Crippen molar-refractivity contribution in [2.75, 3.05) is 52.5 Å². The van der Waals surface area contributed by atoms with Crippen molar-refractivity contribution < 1.29 is 32.2 Å². The number of hydrogen-bond acceptors (Lipinski definition) is 8. The maximum absolute atomic E-state index is 13.2. The lowest BCUT2D eigenvalue weighted by Crippen LogP contribution is -2.48. The maximum Gasteiger partial charge on any atom is 0.423 e. The fraction of sp³-hybridized carbons (Fsp3) is 0.741. The Labute approximate surface area is 231 Å². The fourth-order valence-corrected chi connectivity index (χ4v) is 4.94. The van der Waals surface area contributed by atoms with Crippen LogP contribution in [0.3, 0.4) is 0 Å². The number of carbonyl (C=O) groups excluding carboxylic acids is 1. The van der Waals surface area contributed by atoms with Crippen LogP contribution < -0.4 is 11.2 Å². The third-order valence-electron chi connectivity index (χ3n) is 7.20. The van der Waals surface area contributed by atoms with E-state index >= 15 is 0 Å². The van der Waals surface area contributed by atoms with E-state index in [0.29, 0.717) is 10.8 Å². The van der Waals surface area contributed by atoms with Gasteiger partial charge in [-0.1, -0.05) is 44.9 Å². The number of piperazine rings is 1. The summed E-state index contributed by atoms with van der Waals surface area (Å²) in [6.45, 7) is 6.29. The van der Waals surface area contributed by atoms with Gasteiger partial charge in [0.05, 0.1) is 12.6 Å². The lowest BCUT2D eigenvalue weighted by molar-refractivity contribution is -0.153. The first-order chi connectivity index (χ1) is 19.1. The predicted molar refractivity (Wildman–Crippen MR) is 141 cm³/mol. The number of esters is 1. The zero-order chi connectivity index (χ0) is 29.1. The van der Waals surface area contributed by atoms with Crippen molar-refractivity contribution in [3.05, 3.63) is 32.6 Å². The molecule has 224 valence electrons. The number of hydrogen-bond donors (Lipinski definition) is 1. The van der Waals surface area contributed by atoms with Crippen molar-refractivity contribution in [1.82, 2.24) is 19.4 Å². The molecular formula is C27H39F3N4O6. The van der Waals surface area contributed by atoms with Crippen LogP contribution in [-0.2, 0) is 25.2 Å². The number of carbonyl (C=O) groups is 1. The smallest absolute Gasteiger partial charge is 0.423 e. The van der Waals surface area contributed by atoms with Crippen LogP contribution in [-0.4, -0.2) is 90.0 Å². The molecule has 1 N–H and O–H groups in total. The second kappa shape index (κ2) is 15.4. The quantitative estimate of drug-likeness (QED) is 0.206. The lowest BCUT2D eigenvalue weighted by atomic mass is 10.1. The minimum atomic E-state index is -4.96. The summed E-state index contributed by atoms with van der Waals surface area (Å²) in [6.07, 6.45) is 5.41. The number of nitrogens with zero attached hydrogens (tertiary/aromatic N) is 3. The Bertz CT molecular complexity index is 1110. The van der Waals surface area contributed by atoms with Gasteiger partial charge in [-0.2, -0.15) is 13.2 Å². The monoisotopic (exact) mass is 572 g/mol. The molecule has 3 rings (SSSR count). The van der Waals surface area contributed by atoms with Gasteiger partial charge in [0, 0.05) is 38.8 Å². The van der Waals surface area contributed by atoms with E-state index in [1.807, 2.05) is 4.90 Å². The molecule has 3 atom stereocenters. The van der Waals surface area contributed by atoms with Crippen molar-refractivity contribution in [1.29, 1.82) is 0 Å². The first kappa shape index (κ1) is 31.9. The molecule has 0 amide bonds. The highest BCUT2D eigenvalue weighted by molar-refractivity contribution is 5.71. The first-order valence-corrected chi connectivity index (χ1v) is 13.9. The highest BCUT2D eigenvalue weighted by atomic mass is 19.4. The van der Waals surface area contributed by atoms with Crippen LogP contribution in [0.5, 0.6) is 0 Å². The van der Waals surface area contributed by atoms with Crippen LogP contribution in [0, 0.1) is 12.3 Å². The van der Waals surface area contributed by atoms with Gasteiger partial charge in [-0.25, -0.2) is 4.79 Å². The number of terminal acetylenes is 1. The van der Waals surface area contributed by atoms with E-state index in [2.05, 4.69) is 17.7 Å². The summed E-state index contributed by atoms with van der Waals surface area (Å²) in [5, 5.41) is 0. The zero-order valence-electron chi connectivity index (χ0n) is 22.9. The molecular weight excluding hydrogens is 533 g/mol. The van der Waals surface area contributed by atoms with E-state index in [1.165, 1.54) is 38.5 Å². The predicted octanol–water partition coefficient (Wildman–Crippen LogP) is 2.38. The molecule has 0 bridgehead atoms. The third-order valence-corrected chi connectivity index (χ3v) is 7.20. The summed E-state index contributed by atoms with van der Waals surface area (Å²) >= 11 is 0. The van der Waals surface area contributed by atoms with Crippen molar-refractivity contribution in [2.24, 2.45) is 0 Å². The molecule has 0 radical (unpaired) electrons. The van der Waals surface area contributed by atoms with Gasteiger partial charge in [0.2, 0.25) is 0 Å². The average molecular weight is 573 g/mol. The third kappa shape index (κ3) is 9.47. The van der Waals surface area contributed by atoms with Crippen LogP contribution >= 0.6 is 0 Å². The normalized spacial score (nSPS) is 22.3. The standard InChI is InChI=1S/C27H39F3N4O6/c1-3-5-6-7-8-9-10-32-11-13-33(14-12-32)18-24(35)39-19-22-21(38-15-4-2)16-23(40-22)34-17-20(27(28,29)30)25(36)31-26(34)37/h2,17,21-23H,3,5-16,18-19H2,1H3,(H,31,36,37)/t21-,22+,23+/m0/s1. The highest BCUT2D eigenvalue weighted by Gasteiger charge is 2.40. The molecule has 0 saturated carbocycles. The molecule has 3 heterocycles. The van der Waals surface area contributed by atoms with E-state index < -0.39 is 47.4 Å². The van der Waals surface area contributed by atoms with Crippen LogP contribution in [0.15, 0.2) is 15.8 Å². The van der Waals surface area contributed by atoms with Crippen LogP contribution in [0.2, 0.25) is 0 Å². The number of H-pyrrole nitrogens is 1. The largest absolute Gasteiger partial charge is 0.462 e. The van der Waals surface area contributed by atoms with Gasteiger partial charge in [0.25, 0.3) is 5.56 Å². The molecule has 0 aliphatic carbocycles. The number of alkyl halides is 3. The molecule has 1 aromatic rings. The summed E-state index contributed by atoms with van der Waals surface area (Å²) in [5.74, 6) is 1.84. The van der Waals surface area contributed by atoms with Gasteiger partial charge in [-0.05, 0) is 13.0 Å². The van der Waals surface area contributed by atoms with Crippen LogP contribution in [0.25, 0.3) is 0 Å². The molecule has 0 unspecified atom stereocenters. The second-order valence-electron chi connectivity index (χ2n) is 10.2. The van der Waals surface area contributed by atoms with E-state index in [4.69, 9.17) is 20.6 Å². The number of unbranched alkanes of at least 4 members (excludes halogenated alkanes) is 5. The number of rotatable bonds is 14. The Hall–Kier alpha value is -2.66. The fourth-order valence-electron chi connectivity index (χ4n) is 4.94. The number of ether oxygens (including phenoxy) is 3. The number of aromatic nitrogens is 2. The SMILES string of the molecule is C#CCO[C@H]1C[C@H](n2cc(C(F)(F)F)c(=O)[nH]c2=O)O[C@@H]1COC(=O)CN1CCN(CCCCCCCC)CC1. The van der Waals surface area contributed by atoms with Crippen LogP contribution in [0.1, 0.15) is 63.7 Å². The number of aromatic amines is 1.